The van der Waals surface area contributed by atoms with Crippen molar-refractivity contribution in [1.29, 1.82) is 5.26 Å². The summed E-state index contributed by atoms with van der Waals surface area (Å²) in [7, 11) is 0. The molecule has 0 bridgehead atoms. The molecular weight excluding hydrogens is 873 g/mol. The SMILES string of the molecule is N#C/C(=C\c1ccc(-c2ccc(-n3c4ccc(-c5ccc(N(c6ccccc6)c6ccccc6)cc5)cc4c4cc(-c5ccc(N(c6ccccc6)c6ccccc6)cc5)ccc43)s2)s1)C(=O)O. The van der Waals surface area contributed by atoms with Gasteiger partial charge in [-0.3, -0.25) is 0 Å². The second-order valence-electron chi connectivity index (χ2n) is 16.2. The van der Waals surface area contributed by atoms with Crippen LogP contribution in [0.5, 0.6) is 0 Å². The van der Waals surface area contributed by atoms with Crippen LogP contribution in [0.4, 0.5) is 34.1 Å². The minimum atomic E-state index is -1.23. The Balaban J connectivity index is 1.00. The first-order valence-electron chi connectivity index (χ1n) is 22.1. The van der Waals surface area contributed by atoms with Gasteiger partial charge in [0, 0.05) is 59.5 Å². The van der Waals surface area contributed by atoms with Crippen molar-refractivity contribution >= 4 is 90.6 Å². The van der Waals surface area contributed by atoms with Gasteiger partial charge in [0.05, 0.1) is 11.0 Å². The molecule has 8 aromatic carbocycles. The Morgan fingerprint density at radius 3 is 1.25 bits per heavy atom. The summed E-state index contributed by atoms with van der Waals surface area (Å²) in [5, 5.41) is 22.1. The second kappa shape index (κ2) is 18.3. The van der Waals surface area contributed by atoms with E-state index in [1.54, 1.807) is 17.4 Å². The van der Waals surface area contributed by atoms with Gasteiger partial charge in [0.15, 0.2) is 0 Å². The molecule has 3 aromatic heterocycles. The van der Waals surface area contributed by atoms with Gasteiger partial charge in [-0.2, -0.15) is 5.26 Å². The van der Waals surface area contributed by atoms with Gasteiger partial charge in [0.2, 0.25) is 0 Å². The summed E-state index contributed by atoms with van der Waals surface area (Å²) in [6, 6.07) is 82.9. The van der Waals surface area contributed by atoms with Crippen LogP contribution < -0.4 is 9.80 Å². The standard InChI is InChI=1S/C60H40N4O2S2/c61-40-45(60(65)66)37-52-31-34-57(67-52)58-35-36-59(68-58)64-55-32-25-43(41-21-27-50(28-22-41)62(46-13-5-1-6-14-46)47-15-7-2-8-16-47)38-53(55)54-39-44(26-33-56(54)64)42-23-29-51(30-24-42)63(48-17-9-3-10-18-48)49-19-11-4-12-20-49/h1-39H,(H,65,66)/b45-37+. The number of carbonyl (C=O) groups is 1. The molecule has 0 radical (unpaired) electrons. The maximum absolute atomic E-state index is 11.5. The molecule has 0 fully saturated rings. The highest BCUT2D eigenvalue weighted by molar-refractivity contribution is 7.23. The maximum atomic E-state index is 11.5. The lowest BCUT2D eigenvalue weighted by Crippen LogP contribution is -2.09. The largest absolute Gasteiger partial charge is 0.477 e. The van der Waals surface area contributed by atoms with E-state index in [1.807, 2.05) is 36.4 Å². The average Bonchev–Trinajstić information content (AvgIpc) is 4.15. The van der Waals surface area contributed by atoms with Gasteiger partial charge in [-0.15, -0.1) is 22.7 Å². The predicted molar refractivity (Wildman–Crippen MR) is 283 cm³/mol. The number of rotatable bonds is 12. The van der Waals surface area contributed by atoms with Gasteiger partial charge < -0.3 is 19.5 Å². The number of hydrogen-bond donors (Lipinski definition) is 1. The molecule has 6 nitrogen and oxygen atoms in total. The molecule has 324 valence electrons. The van der Waals surface area contributed by atoms with Crippen LogP contribution in [0.3, 0.4) is 0 Å². The molecule has 0 amide bonds. The van der Waals surface area contributed by atoms with Crippen LogP contribution in [-0.2, 0) is 4.79 Å². The Kier molecular flexibility index (Phi) is 11.3. The van der Waals surface area contributed by atoms with Crippen LogP contribution in [0.25, 0.3) is 64.9 Å². The van der Waals surface area contributed by atoms with E-state index in [9.17, 15) is 15.2 Å². The molecule has 0 atom stereocenters. The summed E-state index contributed by atoms with van der Waals surface area (Å²) in [6.07, 6.45) is 1.43. The summed E-state index contributed by atoms with van der Waals surface area (Å²) in [5.74, 6) is -1.23. The zero-order chi connectivity index (χ0) is 46.0. The number of nitrogens with zero attached hydrogens (tertiary/aromatic N) is 4. The van der Waals surface area contributed by atoms with E-state index in [2.05, 4.69) is 208 Å². The number of thiophene rings is 2. The topological polar surface area (TPSA) is 72.5 Å². The number of benzene rings is 8. The monoisotopic (exact) mass is 912 g/mol. The smallest absolute Gasteiger partial charge is 0.346 e. The molecule has 3 heterocycles. The summed E-state index contributed by atoms with van der Waals surface area (Å²) >= 11 is 3.15. The van der Waals surface area contributed by atoms with Gasteiger partial charge in [-0.05, 0) is 150 Å². The van der Waals surface area contributed by atoms with Crippen LogP contribution in [0.1, 0.15) is 4.88 Å². The Hall–Kier alpha value is -8.74. The lowest BCUT2D eigenvalue weighted by atomic mass is 9.99. The molecule has 0 saturated carbocycles. The molecule has 8 heteroatoms. The Morgan fingerprint density at radius 2 is 0.838 bits per heavy atom. The number of hydrogen-bond acceptors (Lipinski definition) is 6. The summed E-state index contributed by atoms with van der Waals surface area (Å²) in [4.78, 5) is 18.9. The Morgan fingerprint density at radius 1 is 0.456 bits per heavy atom. The molecule has 0 aliphatic heterocycles. The normalized spacial score (nSPS) is 11.4. The second-order valence-corrected chi connectivity index (χ2v) is 18.4. The van der Waals surface area contributed by atoms with E-state index in [4.69, 9.17) is 0 Å². The van der Waals surface area contributed by atoms with Crippen molar-refractivity contribution in [2.45, 2.75) is 0 Å². The quantitative estimate of drug-likeness (QED) is 0.0976. The molecule has 68 heavy (non-hydrogen) atoms. The first-order valence-corrected chi connectivity index (χ1v) is 23.8. The van der Waals surface area contributed by atoms with Gasteiger partial charge in [0.1, 0.15) is 16.6 Å². The molecule has 11 aromatic rings. The van der Waals surface area contributed by atoms with Gasteiger partial charge in [-0.1, -0.05) is 109 Å². The zero-order valence-electron chi connectivity index (χ0n) is 36.5. The van der Waals surface area contributed by atoms with Gasteiger partial charge >= 0.3 is 5.97 Å². The third kappa shape index (κ3) is 8.14. The van der Waals surface area contributed by atoms with Crippen molar-refractivity contribution in [2.24, 2.45) is 0 Å². The number of fused-ring (bicyclic) bond motifs is 3. The fourth-order valence-electron chi connectivity index (χ4n) is 8.86. The van der Waals surface area contributed by atoms with Crippen molar-refractivity contribution in [2.75, 3.05) is 9.80 Å². The number of aliphatic carboxylic acids is 1. The van der Waals surface area contributed by atoms with Gasteiger partial charge in [-0.25, -0.2) is 4.79 Å². The lowest BCUT2D eigenvalue weighted by Gasteiger charge is -2.25. The first-order chi connectivity index (χ1) is 33.5. The van der Waals surface area contributed by atoms with E-state index in [0.29, 0.717) is 4.88 Å². The van der Waals surface area contributed by atoms with E-state index < -0.39 is 5.97 Å². The van der Waals surface area contributed by atoms with Crippen molar-refractivity contribution < 1.29 is 9.90 Å². The van der Waals surface area contributed by atoms with Gasteiger partial charge in [0.25, 0.3) is 0 Å². The fraction of sp³-hybridized carbons (Fsp3) is 0. The molecule has 0 aliphatic carbocycles. The molecular formula is C60H40N4O2S2. The molecule has 0 spiro atoms. The minimum Gasteiger partial charge on any atom is -0.477 e. The maximum Gasteiger partial charge on any atom is 0.346 e. The van der Waals surface area contributed by atoms with Crippen LogP contribution in [0.2, 0.25) is 0 Å². The summed E-state index contributed by atoms with van der Waals surface area (Å²) < 4.78 is 2.35. The van der Waals surface area contributed by atoms with Crippen molar-refractivity contribution in [3.8, 4) is 43.1 Å². The molecule has 0 unspecified atom stereocenters. The third-order valence-electron chi connectivity index (χ3n) is 12.1. The average molecular weight is 913 g/mol. The highest BCUT2D eigenvalue weighted by atomic mass is 32.1. The van der Waals surface area contributed by atoms with Crippen LogP contribution in [0, 0.1) is 11.3 Å². The Labute approximate surface area is 402 Å². The molecule has 1 N–H and O–H groups in total. The number of carboxylic acid groups (broad SMARTS) is 1. The van der Waals surface area contributed by atoms with E-state index in [0.717, 1.165) is 92.9 Å². The highest BCUT2D eigenvalue weighted by Crippen LogP contribution is 2.43. The molecule has 0 saturated heterocycles. The first kappa shape index (κ1) is 41.9. The number of carboxylic acids is 1. The zero-order valence-corrected chi connectivity index (χ0v) is 38.1. The number of para-hydroxylation sites is 4. The lowest BCUT2D eigenvalue weighted by molar-refractivity contribution is -0.132. The third-order valence-corrected chi connectivity index (χ3v) is 14.4. The summed E-state index contributed by atoms with van der Waals surface area (Å²) in [6.45, 7) is 0. The number of nitriles is 1. The van der Waals surface area contributed by atoms with Crippen LogP contribution >= 0.6 is 22.7 Å². The van der Waals surface area contributed by atoms with E-state index >= 15 is 0 Å². The fourth-order valence-corrected chi connectivity index (χ4v) is 10.9. The Bertz CT molecular complexity index is 3390. The number of anilines is 6. The highest BCUT2D eigenvalue weighted by Gasteiger charge is 2.19. The minimum absolute atomic E-state index is 0.288. The van der Waals surface area contributed by atoms with E-state index in [1.165, 1.54) is 17.4 Å². The van der Waals surface area contributed by atoms with Crippen molar-refractivity contribution in [1.82, 2.24) is 4.57 Å². The molecule has 11 rings (SSSR count). The van der Waals surface area contributed by atoms with Crippen molar-refractivity contribution in [3.05, 3.63) is 241 Å². The van der Waals surface area contributed by atoms with Crippen molar-refractivity contribution in [3.63, 3.8) is 0 Å². The number of aromatic nitrogens is 1. The summed E-state index contributed by atoms with van der Waals surface area (Å²) in [5.41, 5.74) is 12.9. The predicted octanol–water partition coefficient (Wildman–Crippen LogP) is 16.8. The molecule has 0 aliphatic rings. The van der Waals surface area contributed by atoms with Crippen LogP contribution in [0.15, 0.2) is 236 Å². The van der Waals surface area contributed by atoms with Crippen LogP contribution in [-0.4, -0.2) is 15.6 Å². The van der Waals surface area contributed by atoms with E-state index in [-0.39, 0.29) is 5.57 Å².